The maximum absolute atomic E-state index is 11.8. The molecule has 0 bridgehead atoms. The van der Waals surface area contributed by atoms with Crippen LogP contribution in [0, 0.1) is 17.8 Å². The Bertz CT molecular complexity index is 1120. The van der Waals surface area contributed by atoms with Crippen LogP contribution in [0.15, 0.2) is 24.9 Å². The average molecular weight is 393 g/mol. The van der Waals surface area contributed by atoms with Crippen LogP contribution in [0.5, 0.6) is 0 Å². The number of aliphatic hydroxyl groups is 2. The molecule has 0 aromatic carbocycles. The van der Waals surface area contributed by atoms with Gasteiger partial charge in [-0.15, -0.1) is 0 Å². The second-order valence-corrected chi connectivity index (χ2v) is 6.81. The summed E-state index contributed by atoms with van der Waals surface area (Å²) in [6.07, 6.45) is 4.22. The molecule has 0 aliphatic heterocycles. The number of nitrogens with zero attached hydrogens (tertiary/aromatic N) is 6. The predicted octanol–water partition coefficient (Wildman–Crippen LogP) is -0.0704. The topological polar surface area (TPSA) is 139 Å². The van der Waals surface area contributed by atoms with Crippen LogP contribution in [0.1, 0.15) is 30.9 Å². The molecule has 0 amide bonds. The van der Waals surface area contributed by atoms with Crippen molar-refractivity contribution in [1.29, 1.82) is 0 Å². The van der Waals surface area contributed by atoms with E-state index in [-0.39, 0.29) is 11.6 Å². The molecule has 0 radical (unpaired) electrons. The van der Waals surface area contributed by atoms with Gasteiger partial charge in [0.2, 0.25) is 5.82 Å². The maximum Gasteiger partial charge on any atom is 0.209 e. The molecule has 1 fully saturated rings. The summed E-state index contributed by atoms with van der Waals surface area (Å²) in [6.45, 7) is 1.41. The van der Waals surface area contributed by atoms with Crippen molar-refractivity contribution in [2.45, 2.75) is 31.6 Å². The van der Waals surface area contributed by atoms with Gasteiger partial charge in [-0.1, -0.05) is 0 Å². The average Bonchev–Trinajstić information content (AvgIpc) is 3.28. The molecule has 3 aromatic rings. The van der Waals surface area contributed by atoms with Crippen molar-refractivity contribution in [3.63, 3.8) is 0 Å². The number of Topliss-reactive ketones (excluding diaryl/α,β-unsaturated/α-hetero) is 1. The van der Waals surface area contributed by atoms with E-state index in [2.05, 4.69) is 42.1 Å². The molecule has 10 heteroatoms. The third kappa shape index (κ3) is 3.41. The van der Waals surface area contributed by atoms with Crippen molar-refractivity contribution in [3.05, 3.63) is 36.4 Å². The normalized spacial score (nSPS) is 23.6. The third-order valence-corrected chi connectivity index (χ3v) is 5.06. The molecule has 4 rings (SSSR count). The van der Waals surface area contributed by atoms with E-state index in [1.807, 2.05) is 0 Å². The standard InChI is InChI=1S/C19H19N7O3/c1-10(27)12-7-13(17(29)16(12)28)26-9-23-15-18(20-2)24-14(25-19(15)26)4-3-11-8-21-5-6-22-11/h5-6,8-9,12-13,16-17,28-29H,7H2,1-2H3,(H,20,24,25)/t12-,13-,16?,17+/m1/s1. The van der Waals surface area contributed by atoms with E-state index in [1.54, 1.807) is 24.0 Å². The van der Waals surface area contributed by atoms with Crippen molar-refractivity contribution < 1.29 is 15.0 Å². The van der Waals surface area contributed by atoms with Gasteiger partial charge in [0.1, 0.15) is 17.6 Å². The first-order valence-electron chi connectivity index (χ1n) is 9.06. The highest BCUT2D eigenvalue weighted by Crippen LogP contribution is 2.37. The van der Waals surface area contributed by atoms with Gasteiger partial charge in [0.25, 0.3) is 0 Å². The largest absolute Gasteiger partial charge is 0.390 e. The van der Waals surface area contributed by atoms with Crippen LogP contribution < -0.4 is 5.32 Å². The summed E-state index contributed by atoms with van der Waals surface area (Å²) in [5, 5.41) is 23.7. The fourth-order valence-corrected chi connectivity index (χ4v) is 3.56. The number of hydrogen-bond acceptors (Lipinski definition) is 9. The number of imidazole rings is 1. The lowest BCUT2D eigenvalue weighted by molar-refractivity contribution is -0.124. The minimum atomic E-state index is -1.13. The van der Waals surface area contributed by atoms with Crippen LogP contribution in [0.25, 0.3) is 11.2 Å². The minimum Gasteiger partial charge on any atom is -0.390 e. The van der Waals surface area contributed by atoms with Gasteiger partial charge in [0, 0.05) is 25.4 Å². The van der Waals surface area contributed by atoms with E-state index in [1.165, 1.54) is 19.4 Å². The Hall–Kier alpha value is -3.42. The number of aromatic nitrogens is 6. The smallest absolute Gasteiger partial charge is 0.209 e. The number of aliphatic hydroxyl groups excluding tert-OH is 2. The Labute approximate surface area is 166 Å². The Morgan fingerprint density at radius 2 is 2.03 bits per heavy atom. The number of fused-ring (bicyclic) bond motifs is 1. The van der Waals surface area contributed by atoms with Gasteiger partial charge in [-0.05, 0) is 25.2 Å². The van der Waals surface area contributed by atoms with Crippen LogP contribution in [0.2, 0.25) is 0 Å². The second-order valence-electron chi connectivity index (χ2n) is 6.81. The molecule has 29 heavy (non-hydrogen) atoms. The first-order valence-corrected chi connectivity index (χ1v) is 9.06. The Morgan fingerprint density at radius 3 is 2.69 bits per heavy atom. The SMILES string of the molecule is CNc1nc(C#Cc2cnccn2)nc2c1ncn2[C@@H]1C[C@H](C(C)=O)C(O)[C@H]1O. The van der Waals surface area contributed by atoms with Crippen molar-refractivity contribution in [1.82, 2.24) is 29.5 Å². The van der Waals surface area contributed by atoms with E-state index < -0.39 is 24.2 Å². The molecule has 148 valence electrons. The Morgan fingerprint density at radius 1 is 1.21 bits per heavy atom. The summed E-state index contributed by atoms with van der Waals surface area (Å²) in [4.78, 5) is 33.1. The van der Waals surface area contributed by atoms with Crippen molar-refractivity contribution in [2.24, 2.45) is 5.92 Å². The van der Waals surface area contributed by atoms with Crippen LogP contribution in [0.4, 0.5) is 5.82 Å². The number of anilines is 1. The zero-order chi connectivity index (χ0) is 20.5. The molecule has 3 heterocycles. The van der Waals surface area contributed by atoms with Crippen LogP contribution in [-0.2, 0) is 4.79 Å². The summed E-state index contributed by atoms with van der Waals surface area (Å²) in [5.41, 5.74) is 1.44. The van der Waals surface area contributed by atoms with Crippen molar-refractivity contribution in [2.75, 3.05) is 12.4 Å². The summed E-state index contributed by atoms with van der Waals surface area (Å²) in [6, 6.07) is -0.538. The summed E-state index contributed by atoms with van der Waals surface area (Å²) >= 11 is 0. The van der Waals surface area contributed by atoms with E-state index in [0.29, 0.717) is 29.1 Å². The zero-order valence-corrected chi connectivity index (χ0v) is 15.8. The van der Waals surface area contributed by atoms with E-state index in [4.69, 9.17) is 0 Å². The maximum atomic E-state index is 11.8. The number of ketones is 1. The molecule has 4 atom stereocenters. The quantitative estimate of drug-likeness (QED) is 0.522. The molecule has 3 N–H and O–H groups in total. The molecule has 0 spiro atoms. The molecule has 1 aliphatic rings. The van der Waals surface area contributed by atoms with Gasteiger partial charge in [0.05, 0.1) is 24.7 Å². The van der Waals surface area contributed by atoms with Crippen molar-refractivity contribution in [3.8, 4) is 11.8 Å². The van der Waals surface area contributed by atoms with Gasteiger partial charge in [-0.25, -0.2) is 19.9 Å². The minimum absolute atomic E-state index is 0.162. The first kappa shape index (κ1) is 18.9. The van der Waals surface area contributed by atoms with E-state index in [0.717, 1.165) is 0 Å². The number of carbonyl (C=O) groups excluding carboxylic acids is 1. The molecule has 1 saturated carbocycles. The molecular formula is C19H19N7O3. The van der Waals surface area contributed by atoms with Gasteiger partial charge in [0.15, 0.2) is 17.0 Å². The van der Waals surface area contributed by atoms with Crippen LogP contribution >= 0.6 is 0 Å². The highest BCUT2D eigenvalue weighted by atomic mass is 16.3. The molecule has 10 nitrogen and oxygen atoms in total. The fourth-order valence-electron chi connectivity index (χ4n) is 3.56. The summed E-state index contributed by atoms with van der Waals surface area (Å²) < 4.78 is 1.67. The monoisotopic (exact) mass is 393 g/mol. The van der Waals surface area contributed by atoms with E-state index in [9.17, 15) is 15.0 Å². The molecule has 1 aliphatic carbocycles. The number of nitrogens with one attached hydrogen (secondary N) is 1. The van der Waals surface area contributed by atoms with Gasteiger partial charge < -0.3 is 20.1 Å². The van der Waals surface area contributed by atoms with Gasteiger partial charge >= 0.3 is 0 Å². The number of hydrogen-bond donors (Lipinski definition) is 3. The van der Waals surface area contributed by atoms with Crippen LogP contribution in [-0.4, -0.2) is 64.7 Å². The highest BCUT2D eigenvalue weighted by Gasteiger charge is 2.45. The summed E-state index contributed by atoms with van der Waals surface area (Å²) in [5.74, 6) is 5.64. The van der Waals surface area contributed by atoms with Gasteiger partial charge in [-0.2, -0.15) is 0 Å². The van der Waals surface area contributed by atoms with Crippen molar-refractivity contribution >= 4 is 22.8 Å². The predicted molar refractivity (Wildman–Crippen MR) is 103 cm³/mol. The second kappa shape index (κ2) is 7.54. The summed E-state index contributed by atoms with van der Waals surface area (Å²) in [7, 11) is 1.71. The Kier molecular flexibility index (Phi) is 4.92. The zero-order valence-electron chi connectivity index (χ0n) is 15.8. The molecule has 3 aromatic heterocycles. The molecule has 1 unspecified atom stereocenters. The third-order valence-electron chi connectivity index (χ3n) is 5.06. The number of carbonyl (C=O) groups is 1. The highest BCUT2D eigenvalue weighted by molar-refractivity contribution is 5.83. The Balaban J connectivity index is 1.77. The lowest BCUT2D eigenvalue weighted by Gasteiger charge is -2.18. The number of rotatable bonds is 3. The fraction of sp³-hybridized carbons (Fsp3) is 0.368. The van der Waals surface area contributed by atoms with Gasteiger partial charge in [-0.3, -0.25) is 9.78 Å². The lowest BCUT2D eigenvalue weighted by atomic mass is 10.0. The first-order chi connectivity index (χ1) is 14.0. The molecule has 0 saturated heterocycles. The van der Waals surface area contributed by atoms with Crippen LogP contribution in [0.3, 0.4) is 0 Å². The molecular weight excluding hydrogens is 374 g/mol. The van der Waals surface area contributed by atoms with E-state index >= 15 is 0 Å². The lowest BCUT2D eigenvalue weighted by Crippen LogP contribution is -2.31.